The summed E-state index contributed by atoms with van der Waals surface area (Å²) in [6.45, 7) is 5.44. The van der Waals surface area contributed by atoms with Gasteiger partial charge in [-0.1, -0.05) is 52.4 Å². The maximum absolute atomic E-state index is 5.76. The van der Waals surface area contributed by atoms with Crippen LogP contribution in [-0.4, -0.2) is 6.54 Å². The van der Waals surface area contributed by atoms with Crippen LogP contribution < -0.4 is 5.73 Å². The molecular formula is C12H25N. The van der Waals surface area contributed by atoms with Gasteiger partial charge < -0.3 is 5.73 Å². The Labute approximate surface area is 83.1 Å². The summed E-state index contributed by atoms with van der Waals surface area (Å²) in [7, 11) is 0. The topological polar surface area (TPSA) is 26.0 Å². The van der Waals surface area contributed by atoms with Crippen molar-refractivity contribution in [2.45, 2.75) is 58.8 Å². The van der Waals surface area contributed by atoms with Gasteiger partial charge in [0.15, 0.2) is 0 Å². The average Bonchev–Trinajstić information content (AvgIpc) is 2.32. The summed E-state index contributed by atoms with van der Waals surface area (Å²) in [5.74, 6) is 0.959. The Hall–Kier alpha value is -0.0400. The third-order valence-corrected chi connectivity index (χ3v) is 3.37. The van der Waals surface area contributed by atoms with Crippen molar-refractivity contribution >= 4 is 0 Å². The highest BCUT2D eigenvalue weighted by Crippen LogP contribution is 2.32. The van der Waals surface area contributed by atoms with Crippen molar-refractivity contribution < 1.29 is 0 Å². The zero-order valence-electron chi connectivity index (χ0n) is 9.31. The number of rotatable bonds is 3. The molecule has 78 valence electrons. The lowest BCUT2D eigenvalue weighted by atomic mass is 9.80. The Morgan fingerprint density at radius 1 is 1.08 bits per heavy atom. The van der Waals surface area contributed by atoms with Gasteiger partial charge in [-0.15, -0.1) is 0 Å². The molecule has 0 aromatic heterocycles. The maximum atomic E-state index is 5.76. The van der Waals surface area contributed by atoms with Gasteiger partial charge in [0.05, 0.1) is 0 Å². The van der Waals surface area contributed by atoms with Crippen LogP contribution in [0.4, 0.5) is 0 Å². The lowest BCUT2D eigenvalue weighted by Gasteiger charge is -2.27. The Morgan fingerprint density at radius 3 is 2.08 bits per heavy atom. The third kappa shape index (κ3) is 4.12. The van der Waals surface area contributed by atoms with E-state index in [1.807, 2.05) is 0 Å². The van der Waals surface area contributed by atoms with E-state index in [4.69, 9.17) is 5.73 Å². The summed E-state index contributed by atoms with van der Waals surface area (Å²) in [6, 6.07) is 0. The molecule has 0 aromatic carbocycles. The van der Waals surface area contributed by atoms with Crippen molar-refractivity contribution in [2.75, 3.05) is 6.54 Å². The van der Waals surface area contributed by atoms with E-state index in [1.165, 1.54) is 44.9 Å². The van der Waals surface area contributed by atoms with Crippen LogP contribution in [0.15, 0.2) is 0 Å². The standard InChI is InChI=1S/C12H25N/c1-12(2,10-13)9-11-7-5-3-4-6-8-11/h11H,3-10,13H2,1-2H3. The lowest BCUT2D eigenvalue weighted by Crippen LogP contribution is -2.26. The van der Waals surface area contributed by atoms with E-state index >= 15 is 0 Å². The van der Waals surface area contributed by atoms with E-state index in [-0.39, 0.29) is 0 Å². The molecule has 0 aliphatic heterocycles. The summed E-state index contributed by atoms with van der Waals surface area (Å²) in [5, 5.41) is 0. The van der Waals surface area contributed by atoms with E-state index in [1.54, 1.807) is 0 Å². The van der Waals surface area contributed by atoms with Gasteiger partial charge >= 0.3 is 0 Å². The number of hydrogen-bond donors (Lipinski definition) is 1. The van der Waals surface area contributed by atoms with E-state index in [0.29, 0.717) is 5.41 Å². The Balaban J connectivity index is 2.33. The van der Waals surface area contributed by atoms with Crippen LogP contribution in [0.1, 0.15) is 58.8 Å². The molecule has 0 bridgehead atoms. The molecule has 0 atom stereocenters. The van der Waals surface area contributed by atoms with Crippen LogP contribution in [0.2, 0.25) is 0 Å². The Morgan fingerprint density at radius 2 is 1.62 bits per heavy atom. The molecule has 1 saturated carbocycles. The molecule has 13 heavy (non-hydrogen) atoms. The second-order valence-electron chi connectivity index (χ2n) is 5.43. The van der Waals surface area contributed by atoms with Crippen LogP contribution in [-0.2, 0) is 0 Å². The highest BCUT2D eigenvalue weighted by molar-refractivity contribution is 4.75. The van der Waals surface area contributed by atoms with Crippen LogP contribution in [0.3, 0.4) is 0 Å². The Kier molecular flexibility index (Phi) is 4.24. The summed E-state index contributed by atoms with van der Waals surface area (Å²) in [5.41, 5.74) is 6.13. The number of nitrogens with two attached hydrogens (primary N) is 1. The van der Waals surface area contributed by atoms with Crippen molar-refractivity contribution in [3.05, 3.63) is 0 Å². The summed E-state index contributed by atoms with van der Waals surface area (Å²) in [6.07, 6.45) is 10.0. The van der Waals surface area contributed by atoms with Crippen LogP contribution in [0, 0.1) is 11.3 Å². The predicted molar refractivity (Wildman–Crippen MR) is 58.6 cm³/mol. The molecule has 1 aliphatic rings. The molecule has 1 heteroatoms. The van der Waals surface area contributed by atoms with Crippen LogP contribution in [0.25, 0.3) is 0 Å². The largest absolute Gasteiger partial charge is 0.330 e. The van der Waals surface area contributed by atoms with E-state index in [2.05, 4.69) is 13.8 Å². The fourth-order valence-corrected chi connectivity index (χ4v) is 2.43. The van der Waals surface area contributed by atoms with Crippen molar-refractivity contribution in [1.82, 2.24) is 0 Å². The van der Waals surface area contributed by atoms with Crippen molar-refractivity contribution in [3.63, 3.8) is 0 Å². The van der Waals surface area contributed by atoms with Crippen molar-refractivity contribution in [2.24, 2.45) is 17.1 Å². The van der Waals surface area contributed by atoms with Gasteiger partial charge in [-0.3, -0.25) is 0 Å². The first-order valence-corrected chi connectivity index (χ1v) is 5.84. The molecule has 0 radical (unpaired) electrons. The van der Waals surface area contributed by atoms with Crippen molar-refractivity contribution in [1.29, 1.82) is 0 Å². The second kappa shape index (κ2) is 4.99. The van der Waals surface area contributed by atoms with Crippen LogP contribution >= 0.6 is 0 Å². The molecule has 2 N–H and O–H groups in total. The highest BCUT2D eigenvalue weighted by Gasteiger charge is 2.22. The smallest absolute Gasteiger partial charge is 0.00257 e. The zero-order chi connectivity index (χ0) is 9.73. The summed E-state index contributed by atoms with van der Waals surface area (Å²) >= 11 is 0. The lowest BCUT2D eigenvalue weighted by molar-refractivity contribution is 0.257. The van der Waals surface area contributed by atoms with E-state index in [9.17, 15) is 0 Å². The quantitative estimate of drug-likeness (QED) is 0.667. The molecule has 1 nitrogen and oxygen atoms in total. The molecule has 0 spiro atoms. The molecule has 1 fully saturated rings. The first-order chi connectivity index (χ1) is 6.14. The molecule has 0 unspecified atom stereocenters. The highest BCUT2D eigenvalue weighted by atomic mass is 14.6. The normalized spacial score (nSPS) is 21.5. The predicted octanol–water partition coefficient (Wildman–Crippen LogP) is 3.33. The van der Waals surface area contributed by atoms with Gasteiger partial charge in [0.2, 0.25) is 0 Å². The molecular weight excluding hydrogens is 158 g/mol. The molecule has 0 heterocycles. The van der Waals surface area contributed by atoms with E-state index < -0.39 is 0 Å². The first kappa shape index (κ1) is 11.0. The first-order valence-electron chi connectivity index (χ1n) is 5.84. The van der Waals surface area contributed by atoms with Gasteiger partial charge in [-0.05, 0) is 24.3 Å². The molecule has 0 aromatic rings. The minimum atomic E-state index is 0.370. The minimum Gasteiger partial charge on any atom is -0.330 e. The third-order valence-electron chi connectivity index (χ3n) is 3.37. The fourth-order valence-electron chi connectivity index (χ4n) is 2.43. The van der Waals surface area contributed by atoms with Gasteiger partial charge in [0.25, 0.3) is 0 Å². The maximum Gasteiger partial charge on any atom is -0.00257 e. The van der Waals surface area contributed by atoms with E-state index in [0.717, 1.165) is 12.5 Å². The molecule has 1 aliphatic carbocycles. The summed E-state index contributed by atoms with van der Waals surface area (Å²) in [4.78, 5) is 0. The second-order valence-corrected chi connectivity index (χ2v) is 5.43. The summed E-state index contributed by atoms with van der Waals surface area (Å²) < 4.78 is 0. The zero-order valence-corrected chi connectivity index (χ0v) is 9.31. The monoisotopic (exact) mass is 183 g/mol. The van der Waals surface area contributed by atoms with Crippen LogP contribution in [0.5, 0.6) is 0 Å². The van der Waals surface area contributed by atoms with Gasteiger partial charge in [0, 0.05) is 0 Å². The minimum absolute atomic E-state index is 0.370. The average molecular weight is 183 g/mol. The van der Waals surface area contributed by atoms with Gasteiger partial charge in [-0.2, -0.15) is 0 Å². The SMILES string of the molecule is CC(C)(CN)CC1CCCCCC1. The fraction of sp³-hybridized carbons (Fsp3) is 1.00. The number of hydrogen-bond acceptors (Lipinski definition) is 1. The van der Waals surface area contributed by atoms with Gasteiger partial charge in [0.1, 0.15) is 0 Å². The van der Waals surface area contributed by atoms with Crippen molar-refractivity contribution in [3.8, 4) is 0 Å². The molecule has 0 amide bonds. The Bertz CT molecular complexity index is 132. The van der Waals surface area contributed by atoms with Gasteiger partial charge in [-0.25, -0.2) is 0 Å². The molecule has 1 rings (SSSR count). The molecule has 0 saturated heterocycles.